The molecule has 8 heteroatoms. The van der Waals surface area contributed by atoms with E-state index in [-0.39, 0.29) is 11.1 Å². The average Bonchev–Trinajstić information content (AvgIpc) is 2.96. The molecule has 1 aliphatic rings. The van der Waals surface area contributed by atoms with E-state index in [9.17, 15) is 9.59 Å². The lowest BCUT2D eigenvalue weighted by molar-refractivity contribution is -0.115. The van der Waals surface area contributed by atoms with Crippen LogP contribution >= 0.6 is 11.8 Å². The first kappa shape index (κ1) is 19.1. The van der Waals surface area contributed by atoms with E-state index in [1.165, 1.54) is 0 Å². The summed E-state index contributed by atoms with van der Waals surface area (Å²) in [4.78, 5) is 34.4. The quantitative estimate of drug-likeness (QED) is 0.561. The normalized spacial score (nSPS) is 15.4. The van der Waals surface area contributed by atoms with E-state index >= 15 is 0 Å². The molecule has 2 N–H and O–H groups in total. The number of imide groups is 1. The Morgan fingerprint density at radius 1 is 1.26 bits per heavy atom. The van der Waals surface area contributed by atoms with Crippen molar-refractivity contribution in [3.05, 3.63) is 47.1 Å². The Kier molecular flexibility index (Phi) is 6.20. The fourth-order valence-corrected chi connectivity index (χ4v) is 3.24. The molecular weight excluding hydrogens is 362 g/mol. The average molecular weight is 383 g/mol. The number of nitrogens with zero attached hydrogens (tertiary/aromatic N) is 3. The maximum atomic E-state index is 11.7. The molecule has 27 heavy (non-hydrogen) atoms. The molecular formula is C19H21N5O2S. The summed E-state index contributed by atoms with van der Waals surface area (Å²) in [5.74, 6) is 0.366. The Bertz CT molecular complexity index is 882. The number of amides is 2. The molecule has 0 aliphatic carbocycles. The van der Waals surface area contributed by atoms with Crippen molar-refractivity contribution < 1.29 is 9.59 Å². The van der Waals surface area contributed by atoms with Crippen LogP contribution in [0.2, 0.25) is 0 Å². The predicted molar refractivity (Wildman–Crippen MR) is 108 cm³/mol. The highest BCUT2D eigenvalue weighted by Crippen LogP contribution is 2.27. The van der Waals surface area contributed by atoms with Gasteiger partial charge in [0.2, 0.25) is 0 Å². The summed E-state index contributed by atoms with van der Waals surface area (Å²) in [6.07, 6.45) is 6.12. The predicted octanol–water partition coefficient (Wildman–Crippen LogP) is 2.83. The van der Waals surface area contributed by atoms with E-state index < -0.39 is 0 Å². The first-order valence-electron chi connectivity index (χ1n) is 8.57. The van der Waals surface area contributed by atoms with Crippen LogP contribution in [-0.2, 0) is 4.79 Å². The van der Waals surface area contributed by atoms with Gasteiger partial charge in [-0.3, -0.25) is 19.9 Å². The van der Waals surface area contributed by atoms with Crippen molar-refractivity contribution in [2.24, 2.45) is 0 Å². The van der Waals surface area contributed by atoms with Gasteiger partial charge < -0.3 is 10.2 Å². The van der Waals surface area contributed by atoms with E-state index in [1.807, 2.05) is 38.4 Å². The zero-order valence-electron chi connectivity index (χ0n) is 15.2. The summed E-state index contributed by atoms with van der Waals surface area (Å²) >= 11 is 0.906. The van der Waals surface area contributed by atoms with Crippen LogP contribution in [0.15, 0.2) is 41.6 Å². The smallest absolute Gasteiger partial charge is 0.290 e. The van der Waals surface area contributed by atoms with Crippen molar-refractivity contribution in [3.8, 4) is 11.3 Å². The number of carbonyl (C=O) groups excluding carboxylic acids is 2. The van der Waals surface area contributed by atoms with Gasteiger partial charge >= 0.3 is 0 Å². The fraction of sp³-hybridized carbons (Fsp3) is 0.263. The second kappa shape index (κ2) is 8.79. The number of nitrogens with one attached hydrogen (secondary N) is 2. The highest BCUT2D eigenvalue weighted by Gasteiger charge is 2.24. The van der Waals surface area contributed by atoms with E-state index in [0.29, 0.717) is 4.91 Å². The van der Waals surface area contributed by atoms with Gasteiger partial charge in [-0.2, -0.15) is 0 Å². The summed E-state index contributed by atoms with van der Waals surface area (Å²) < 4.78 is 0. The molecule has 1 saturated heterocycles. The first-order chi connectivity index (χ1) is 13.0. The van der Waals surface area contributed by atoms with Crippen LogP contribution < -0.4 is 10.6 Å². The van der Waals surface area contributed by atoms with Gasteiger partial charge in [0.25, 0.3) is 11.1 Å². The molecule has 0 spiro atoms. The summed E-state index contributed by atoms with van der Waals surface area (Å²) in [5.41, 5.74) is 2.46. The molecule has 2 aromatic rings. The van der Waals surface area contributed by atoms with Gasteiger partial charge in [0, 0.05) is 12.1 Å². The lowest BCUT2D eigenvalue weighted by Crippen LogP contribution is -2.17. The largest absolute Gasteiger partial charge is 0.369 e. The van der Waals surface area contributed by atoms with Gasteiger partial charge in [0.1, 0.15) is 5.82 Å². The highest BCUT2D eigenvalue weighted by atomic mass is 32.2. The molecule has 3 rings (SSSR count). The Hall–Kier alpha value is -2.71. The summed E-state index contributed by atoms with van der Waals surface area (Å²) in [6.45, 7) is 1.83. The molecule has 0 radical (unpaired) electrons. The number of hydrogen-bond donors (Lipinski definition) is 2. The van der Waals surface area contributed by atoms with E-state index in [1.54, 1.807) is 18.5 Å². The molecule has 140 valence electrons. The van der Waals surface area contributed by atoms with E-state index in [0.717, 1.165) is 53.9 Å². The SMILES string of the molecule is CN(C)CCCNc1cncc(-c2cccc(C=C3SC(=O)NC3=O)c2)n1. The number of rotatable bonds is 7. The third-order valence-corrected chi connectivity index (χ3v) is 4.66. The Balaban J connectivity index is 1.73. The summed E-state index contributed by atoms with van der Waals surface area (Å²) in [6, 6.07) is 7.63. The van der Waals surface area contributed by atoms with Crippen LogP contribution in [0.1, 0.15) is 12.0 Å². The zero-order valence-corrected chi connectivity index (χ0v) is 16.0. The lowest BCUT2D eigenvalue weighted by atomic mass is 10.1. The topological polar surface area (TPSA) is 87.2 Å². The third kappa shape index (κ3) is 5.38. The monoisotopic (exact) mass is 383 g/mol. The van der Waals surface area contributed by atoms with Crippen LogP contribution in [0.5, 0.6) is 0 Å². The minimum absolute atomic E-state index is 0.346. The van der Waals surface area contributed by atoms with Crippen LogP contribution in [0.4, 0.5) is 10.6 Å². The number of thioether (sulfide) groups is 1. The van der Waals surface area contributed by atoms with Gasteiger partial charge in [0.05, 0.1) is 23.0 Å². The van der Waals surface area contributed by atoms with Crippen molar-refractivity contribution in [2.45, 2.75) is 6.42 Å². The molecule has 0 unspecified atom stereocenters. The molecule has 1 aliphatic heterocycles. The minimum Gasteiger partial charge on any atom is -0.369 e. The van der Waals surface area contributed by atoms with E-state index in [4.69, 9.17) is 0 Å². The minimum atomic E-state index is -0.362. The van der Waals surface area contributed by atoms with Crippen LogP contribution in [0.25, 0.3) is 17.3 Å². The number of aromatic nitrogens is 2. The van der Waals surface area contributed by atoms with Crippen LogP contribution in [-0.4, -0.2) is 53.2 Å². The van der Waals surface area contributed by atoms with E-state index in [2.05, 4.69) is 25.5 Å². The van der Waals surface area contributed by atoms with Gasteiger partial charge in [0.15, 0.2) is 0 Å². The summed E-state index contributed by atoms with van der Waals surface area (Å²) in [5, 5.41) is 5.20. The molecule has 0 saturated carbocycles. The molecule has 2 amide bonds. The Labute approximate surface area is 162 Å². The molecule has 1 fully saturated rings. The molecule has 2 heterocycles. The van der Waals surface area contributed by atoms with Crippen LogP contribution in [0.3, 0.4) is 0 Å². The second-order valence-corrected chi connectivity index (χ2v) is 7.37. The molecule has 0 bridgehead atoms. The number of benzene rings is 1. The molecule has 7 nitrogen and oxygen atoms in total. The van der Waals surface area contributed by atoms with Gasteiger partial charge in [-0.05, 0) is 56.5 Å². The summed E-state index contributed by atoms with van der Waals surface area (Å²) in [7, 11) is 4.10. The first-order valence-corrected chi connectivity index (χ1v) is 9.39. The maximum Gasteiger partial charge on any atom is 0.290 e. The Morgan fingerprint density at radius 3 is 2.85 bits per heavy atom. The number of hydrogen-bond acceptors (Lipinski definition) is 7. The second-order valence-electron chi connectivity index (χ2n) is 6.35. The molecule has 0 atom stereocenters. The van der Waals surface area contributed by atoms with Crippen LogP contribution in [0, 0.1) is 0 Å². The van der Waals surface area contributed by atoms with Gasteiger partial charge in [-0.1, -0.05) is 18.2 Å². The Morgan fingerprint density at radius 2 is 2.11 bits per heavy atom. The van der Waals surface area contributed by atoms with Crippen molar-refractivity contribution in [2.75, 3.05) is 32.5 Å². The van der Waals surface area contributed by atoms with Crippen molar-refractivity contribution in [1.82, 2.24) is 20.2 Å². The fourth-order valence-electron chi connectivity index (χ4n) is 2.56. The number of anilines is 1. The van der Waals surface area contributed by atoms with Gasteiger partial charge in [-0.25, -0.2) is 4.98 Å². The van der Waals surface area contributed by atoms with Crippen molar-refractivity contribution >= 4 is 34.8 Å². The standard InChI is InChI=1S/C19H21N5O2S/c1-24(2)8-4-7-21-17-12-20-11-15(22-17)14-6-3-5-13(9-14)10-16-18(25)23-19(26)27-16/h3,5-6,9-12H,4,7-8H2,1-2H3,(H,21,22)(H,23,25,26). The maximum absolute atomic E-state index is 11.7. The third-order valence-electron chi connectivity index (χ3n) is 3.84. The van der Waals surface area contributed by atoms with Crippen molar-refractivity contribution in [1.29, 1.82) is 0 Å². The number of carbonyl (C=O) groups is 2. The molecule has 1 aromatic carbocycles. The lowest BCUT2D eigenvalue weighted by Gasteiger charge is -2.10. The van der Waals surface area contributed by atoms with Gasteiger partial charge in [-0.15, -0.1) is 0 Å². The van der Waals surface area contributed by atoms with Crippen molar-refractivity contribution in [3.63, 3.8) is 0 Å². The highest BCUT2D eigenvalue weighted by molar-refractivity contribution is 8.18. The molecule has 1 aromatic heterocycles. The zero-order chi connectivity index (χ0) is 19.2.